The number of anilines is 1. The molecule has 7 nitrogen and oxygen atoms in total. The average molecular weight is 398 g/mol. The third-order valence-corrected chi connectivity index (χ3v) is 6.13. The van der Waals surface area contributed by atoms with Crippen LogP contribution in [0.4, 0.5) is 10.2 Å². The van der Waals surface area contributed by atoms with Crippen molar-refractivity contribution in [2.24, 2.45) is 5.73 Å². The highest BCUT2D eigenvalue weighted by Crippen LogP contribution is 2.43. The first-order valence-corrected chi connectivity index (χ1v) is 9.75. The predicted molar refractivity (Wildman–Crippen MR) is 105 cm³/mol. The Kier molecular flexibility index (Phi) is 4.76. The van der Waals surface area contributed by atoms with Gasteiger partial charge >= 0.3 is 0 Å². The molecule has 1 aliphatic rings. The molecule has 4 rings (SSSR count). The lowest BCUT2D eigenvalue weighted by atomic mass is 9.66. The highest BCUT2D eigenvalue weighted by Gasteiger charge is 2.41. The van der Waals surface area contributed by atoms with Gasteiger partial charge < -0.3 is 11.1 Å². The number of primary amides is 1. The maximum absolute atomic E-state index is 14.2. The minimum atomic E-state index is -0.514. The summed E-state index contributed by atoms with van der Waals surface area (Å²) in [6.07, 6.45) is 5.89. The Balaban J connectivity index is 1.52. The number of nitrogens with one attached hydrogen (secondary N) is 1. The number of halogens is 1. The number of aryl methyl sites for hydroxylation is 1. The van der Waals surface area contributed by atoms with Gasteiger partial charge in [0.15, 0.2) is 0 Å². The van der Waals surface area contributed by atoms with Crippen molar-refractivity contribution in [2.75, 3.05) is 11.9 Å². The zero-order chi connectivity index (χ0) is 19.7. The number of rotatable bonds is 6. The van der Waals surface area contributed by atoms with E-state index in [2.05, 4.69) is 25.5 Å². The molecule has 144 valence electrons. The van der Waals surface area contributed by atoms with Gasteiger partial charge in [-0.2, -0.15) is 0 Å². The topological polar surface area (TPSA) is 107 Å². The number of pyridine rings is 1. The summed E-state index contributed by atoms with van der Waals surface area (Å²) in [5.41, 5.74) is 6.95. The van der Waals surface area contributed by atoms with Gasteiger partial charge in [0.25, 0.3) is 5.91 Å². The summed E-state index contributed by atoms with van der Waals surface area (Å²) >= 11 is 1.18. The second-order valence-electron chi connectivity index (χ2n) is 6.98. The van der Waals surface area contributed by atoms with E-state index in [1.54, 1.807) is 12.3 Å². The summed E-state index contributed by atoms with van der Waals surface area (Å²) < 4.78 is 14.2. The van der Waals surface area contributed by atoms with Crippen LogP contribution in [0.5, 0.6) is 0 Å². The van der Waals surface area contributed by atoms with Crippen molar-refractivity contribution in [3.63, 3.8) is 0 Å². The van der Waals surface area contributed by atoms with E-state index in [4.69, 9.17) is 5.73 Å². The first kappa shape index (κ1) is 18.4. The lowest BCUT2D eigenvalue weighted by Gasteiger charge is -2.41. The van der Waals surface area contributed by atoms with E-state index in [1.807, 2.05) is 13.0 Å². The smallest absolute Gasteiger partial charge is 0.260 e. The molecule has 3 aromatic heterocycles. The molecule has 1 amide bonds. The van der Waals surface area contributed by atoms with Crippen molar-refractivity contribution in [3.8, 4) is 10.7 Å². The minimum absolute atomic E-state index is 0.268. The third-order valence-electron chi connectivity index (χ3n) is 5.11. The lowest BCUT2D eigenvalue weighted by Crippen LogP contribution is -2.42. The van der Waals surface area contributed by atoms with Gasteiger partial charge in [0.1, 0.15) is 27.2 Å². The van der Waals surface area contributed by atoms with Gasteiger partial charge in [-0.3, -0.25) is 9.78 Å². The van der Waals surface area contributed by atoms with Crippen molar-refractivity contribution in [2.45, 2.75) is 31.6 Å². The zero-order valence-corrected chi connectivity index (χ0v) is 16.1. The van der Waals surface area contributed by atoms with E-state index in [-0.39, 0.29) is 11.2 Å². The second-order valence-corrected chi connectivity index (χ2v) is 8.01. The van der Waals surface area contributed by atoms with Crippen LogP contribution in [0.1, 0.15) is 40.2 Å². The Hall–Kier alpha value is -2.94. The van der Waals surface area contributed by atoms with E-state index >= 15 is 0 Å². The third kappa shape index (κ3) is 3.33. The SMILES string of the molecule is Cc1cc(NCC2(c3ncccc3F)CCC2)nnc1-c1ncc(C(N)=O)s1. The Bertz CT molecular complexity index is 1030. The van der Waals surface area contributed by atoms with E-state index in [9.17, 15) is 9.18 Å². The normalized spacial score (nSPS) is 15.1. The van der Waals surface area contributed by atoms with Gasteiger partial charge in [0, 0.05) is 18.2 Å². The molecule has 3 N–H and O–H groups in total. The van der Waals surface area contributed by atoms with Crippen LogP contribution in [-0.2, 0) is 5.41 Å². The van der Waals surface area contributed by atoms with Crippen LogP contribution in [0.25, 0.3) is 10.7 Å². The van der Waals surface area contributed by atoms with Crippen LogP contribution in [0, 0.1) is 12.7 Å². The highest BCUT2D eigenvalue weighted by molar-refractivity contribution is 7.16. The summed E-state index contributed by atoms with van der Waals surface area (Å²) in [6, 6.07) is 4.93. The van der Waals surface area contributed by atoms with Crippen molar-refractivity contribution < 1.29 is 9.18 Å². The molecule has 28 heavy (non-hydrogen) atoms. The molecular weight excluding hydrogens is 379 g/mol. The fourth-order valence-electron chi connectivity index (χ4n) is 3.42. The molecule has 0 unspecified atom stereocenters. The molecule has 0 aromatic carbocycles. The second kappa shape index (κ2) is 7.23. The Morgan fingerprint density at radius 2 is 2.18 bits per heavy atom. The van der Waals surface area contributed by atoms with Gasteiger partial charge in [0.05, 0.1) is 11.9 Å². The van der Waals surface area contributed by atoms with Crippen LogP contribution < -0.4 is 11.1 Å². The van der Waals surface area contributed by atoms with Crippen LogP contribution in [0.3, 0.4) is 0 Å². The molecule has 0 aliphatic heterocycles. The molecule has 0 spiro atoms. The van der Waals surface area contributed by atoms with Crippen molar-refractivity contribution in [3.05, 3.63) is 52.5 Å². The highest BCUT2D eigenvalue weighted by atomic mass is 32.1. The zero-order valence-electron chi connectivity index (χ0n) is 15.3. The van der Waals surface area contributed by atoms with E-state index in [0.29, 0.717) is 33.6 Å². The molecular formula is C19H19FN6OS. The number of aromatic nitrogens is 4. The summed E-state index contributed by atoms with van der Waals surface area (Å²) in [6.45, 7) is 2.44. The maximum atomic E-state index is 14.2. The quantitative estimate of drug-likeness (QED) is 0.661. The summed E-state index contributed by atoms with van der Waals surface area (Å²) in [5, 5.41) is 12.4. The van der Waals surface area contributed by atoms with Crippen LogP contribution in [0.15, 0.2) is 30.6 Å². The standard InChI is InChI=1S/C19H19FN6OS/c1-11-8-14(25-26-15(11)18-23-9-13(28-18)17(21)27)24-10-19(5-3-6-19)16-12(20)4-2-7-22-16/h2,4,7-9H,3,5-6,10H2,1H3,(H2,21,27)(H,24,25). The summed E-state index contributed by atoms with van der Waals surface area (Å²) in [4.78, 5) is 20.1. The first-order valence-electron chi connectivity index (χ1n) is 8.94. The van der Waals surface area contributed by atoms with Crippen molar-refractivity contribution in [1.29, 1.82) is 0 Å². The number of carbonyl (C=O) groups excluding carboxylic acids is 1. The number of carbonyl (C=O) groups is 1. The van der Waals surface area contributed by atoms with Gasteiger partial charge in [-0.15, -0.1) is 21.5 Å². The van der Waals surface area contributed by atoms with E-state index in [1.165, 1.54) is 23.6 Å². The van der Waals surface area contributed by atoms with Gasteiger partial charge in [0.2, 0.25) is 0 Å². The Labute approximate surface area is 165 Å². The van der Waals surface area contributed by atoms with Crippen LogP contribution >= 0.6 is 11.3 Å². The summed E-state index contributed by atoms with van der Waals surface area (Å²) in [7, 11) is 0. The number of hydrogen-bond donors (Lipinski definition) is 2. The molecule has 1 saturated carbocycles. The molecule has 3 aromatic rings. The number of nitrogens with zero attached hydrogens (tertiary/aromatic N) is 4. The molecule has 3 heterocycles. The van der Waals surface area contributed by atoms with Gasteiger partial charge in [-0.05, 0) is 43.5 Å². The summed E-state index contributed by atoms with van der Waals surface area (Å²) in [5.74, 6) is -0.175. The number of hydrogen-bond acceptors (Lipinski definition) is 7. The van der Waals surface area contributed by atoms with Crippen molar-refractivity contribution in [1.82, 2.24) is 20.2 Å². The molecule has 1 aliphatic carbocycles. The van der Waals surface area contributed by atoms with E-state index in [0.717, 1.165) is 24.8 Å². The van der Waals surface area contributed by atoms with Gasteiger partial charge in [-0.1, -0.05) is 6.42 Å². The Morgan fingerprint density at radius 3 is 2.79 bits per heavy atom. The number of nitrogens with two attached hydrogens (primary N) is 1. The maximum Gasteiger partial charge on any atom is 0.260 e. The van der Waals surface area contributed by atoms with E-state index < -0.39 is 5.91 Å². The largest absolute Gasteiger partial charge is 0.368 e. The van der Waals surface area contributed by atoms with Gasteiger partial charge in [-0.25, -0.2) is 9.37 Å². The molecule has 9 heteroatoms. The monoisotopic (exact) mass is 398 g/mol. The molecule has 0 atom stereocenters. The molecule has 0 saturated heterocycles. The fraction of sp³-hybridized carbons (Fsp3) is 0.316. The number of amides is 1. The predicted octanol–water partition coefficient (Wildman–Crippen LogP) is 3.08. The average Bonchev–Trinajstić information content (AvgIpc) is 3.12. The van der Waals surface area contributed by atoms with Crippen LogP contribution in [0.2, 0.25) is 0 Å². The molecule has 1 fully saturated rings. The molecule has 0 radical (unpaired) electrons. The van der Waals surface area contributed by atoms with Crippen molar-refractivity contribution >= 4 is 23.1 Å². The molecule has 0 bridgehead atoms. The lowest BCUT2D eigenvalue weighted by molar-refractivity contribution is 0.100. The fourth-order valence-corrected chi connectivity index (χ4v) is 4.24. The Morgan fingerprint density at radius 1 is 1.36 bits per heavy atom. The number of thiazole rings is 1. The van der Waals surface area contributed by atoms with Crippen LogP contribution in [-0.4, -0.2) is 32.6 Å². The minimum Gasteiger partial charge on any atom is -0.368 e. The first-order chi connectivity index (χ1) is 13.5.